The molecule has 1 aliphatic carbocycles. The summed E-state index contributed by atoms with van der Waals surface area (Å²) in [6.45, 7) is 6.84. The number of benzene rings is 2. The Bertz CT molecular complexity index is 2060. The van der Waals surface area contributed by atoms with Crippen molar-refractivity contribution in [2.24, 2.45) is 5.41 Å². The van der Waals surface area contributed by atoms with Gasteiger partial charge in [-0.1, -0.05) is 31.2 Å². The van der Waals surface area contributed by atoms with Crippen LogP contribution in [0.5, 0.6) is 5.88 Å². The van der Waals surface area contributed by atoms with Gasteiger partial charge < -0.3 is 19.6 Å². The summed E-state index contributed by atoms with van der Waals surface area (Å²) in [5.74, 6) is -1.25. The molecule has 47 heavy (non-hydrogen) atoms. The van der Waals surface area contributed by atoms with Gasteiger partial charge in [-0.05, 0) is 83.8 Å². The first-order valence-electron chi connectivity index (χ1n) is 15.0. The summed E-state index contributed by atoms with van der Waals surface area (Å²) in [4.78, 5) is 29.2. The molecule has 14 heteroatoms. The van der Waals surface area contributed by atoms with Gasteiger partial charge in [0.1, 0.15) is 12.1 Å². The van der Waals surface area contributed by atoms with Crippen LogP contribution in [0, 0.1) is 19.3 Å². The van der Waals surface area contributed by atoms with Crippen LogP contribution in [0.2, 0.25) is 0 Å². The molecule has 0 unspecified atom stereocenters. The van der Waals surface area contributed by atoms with Crippen LogP contribution in [0.25, 0.3) is 22.5 Å². The third kappa shape index (κ3) is 7.77. The Morgan fingerprint density at radius 3 is 2.55 bits per heavy atom. The number of nitrogens with one attached hydrogen (secondary N) is 2. The van der Waals surface area contributed by atoms with E-state index < -0.39 is 16.0 Å². The summed E-state index contributed by atoms with van der Waals surface area (Å²) in [6.07, 6.45) is 4.78. The summed E-state index contributed by atoms with van der Waals surface area (Å²) in [6, 6.07) is 14.3. The molecule has 244 valence electrons. The lowest BCUT2D eigenvalue weighted by atomic mass is 9.99. The summed E-state index contributed by atoms with van der Waals surface area (Å²) in [5, 5.41) is 12.9. The molecule has 3 N–H and O–H groups in total. The summed E-state index contributed by atoms with van der Waals surface area (Å²) in [5.41, 5.74) is 5.10. The maximum absolute atomic E-state index is 13.3. The fourth-order valence-corrected chi connectivity index (χ4v) is 6.78. The largest absolute Gasteiger partial charge is 0.478 e. The van der Waals surface area contributed by atoms with E-state index in [0.29, 0.717) is 28.1 Å². The number of nitrogens with zero attached hydrogens (tertiary/aromatic N) is 4. The number of furan rings is 1. The minimum atomic E-state index is -4.23. The van der Waals surface area contributed by atoms with E-state index in [1.807, 2.05) is 32.0 Å². The Labute approximate surface area is 280 Å². The highest BCUT2D eigenvalue weighted by molar-refractivity contribution is 9.10. The number of carboxylic acid groups (broad SMARTS) is 1. The first-order valence-corrected chi connectivity index (χ1v) is 17.2. The molecule has 2 aromatic carbocycles. The molecule has 12 nitrogen and oxygen atoms in total. The second kappa shape index (κ2) is 13.0. The van der Waals surface area contributed by atoms with Gasteiger partial charge >= 0.3 is 5.97 Å². The van der Waals surface area contributed by atoms with Crippen molar-refractivity contribution in [3.8, 4) is 17.1 Å². The molecular formula is C33H33BrN6O6S. The number of aromatic nitrogens is 4. The smallest absolute Gasteiger partial charge is 0.335 e. The van der Waals surface area contributed by atoms with Crippen LogP contribution in [0.15, 0.2) is 74.8 Å². The number of sulfonamides is 1. The van der Waals surface area contributed by atoms with E-state index in [9.17, 15) is 18.3 Å². The maximum atomic E-state index is 13.3. The highest BCUT2D eigenvalue weighted by Crippen LogP contribution is 2.49. The molecule has 1 aliphatic rings. The van der Waals surface area contributed by atoms with Crippen molar-refractivity contribution >= 4 is 49.1 Å². The van der Waals surface area contributed by atoms with E-state index in [1.54, 1.807) is 18.3 Å². The number of aromatic carboxylic acids is 1. The minimum absolute atomic E-state index is 0.0754. The Morgan fingerprint density at radius 1 is 1.09 bits per heavy atom. The van der Waals surface area contributed by atoms with E-state index in [1.165, 1.54) is 18.2 Å². The number of hydrogen-bond donors (Lipinski definition) is 3. The fraction of sp³-hybridized carbons (Fsp3) is 0.303. The Hall–Kier alpha value is -4.40. The number of hydrogen-bond acceptors (Lipinski definition) is 10. The van der Waals surface area contributed by atoms with Crippen LogP contribution in [-0.4, -0.2) is 52.1 Å². The molecule has 0 amide bonds. The van der Waals surface area contributed by atoms with E-state index in [-0.39, 0.29) is 40.4 Å². The molecular weight excluding hydrogens is 688 g/mol. The van der Waals surface area contributed by atoms with Crippen molar-refractivity contribution < 1.29 is 27.5 Å². The lowest BCUT2D eigenvalue weighted by Crippen LogP contribution is -2.36. The van der Waals surface area contributed by atoms with E-state index in [2.05, 4.69) is 52.8 Å². The maximum Gasteiger partial charge on any atom is 0.335 e. The zero-order valence-corrected chi connectivity index (χ0v) is 28.4. The molecule has 5 aromatic rings. The van der Waals surface area contributed by atoms with Crippen molar-refractivity contribution in [3.63, 3.8) is 0 Å². The molecule has 0 radical (unpaired) electrons. The van der Waals surface area contributed by atoms with Gasteiger partial charge in [0.15, 0.2) is 4.67 Å². The molecule has 0 saturated heterocycles. The highest BCUT2D eigenvalue weighted by atomic mass is 79.9. The number of carbonyl (C=O) groups is 1. The van der Waals surface area contributed by atoms with Crippen LogP contribution in [0.4, 0.5) is 5.95 Å². The number of aryl methyl sites for hydroxylation is 2. The topological polar surface area (TPSA) is 169 Å². The Morgan fingerprint density at radius 2 is 1.83 bits per heavy atom. The SMILES string of the molecule is Cc1cccc(C)c1-c1cc(OC[C@@H](CC2(C)CC2)NCc2cnc3oc(Br)cc3n2)nc(NS(=O)(=O)c2cccc(C(=O)O)c2)n1. The van der Waals surface area contributed by atoms with Crippen LogP contribution in [-0.2, 0) is 16.6 Å². The number of anilines is 1. The van der Waals surface area contributed by atoms with Crippen LogP contribution >= 0.6 is 15.9 Å². The van der Waals surface area contributed by atoms with E-state index in [4.69, 9.17) is 9.15 Å². The second-order valence-corrected chi connectivity index (χ2v) is 14.6. The fourth-order valence-electron chi connectivity index (χ4n) is 5.42. The third-order valence-electron chi connectivity index (χ3n) is 8.16. The molecule has 3 heterocycles. The van der Waals surface area contributed by atoms with E-state index in [0.717, 1.165) is 47.7 Å². The number of rotatable bonds is 13. The van der Waals surface area contributed by atoms with Gasteiger partial charge in [0.05, 0.1) is 28.0 Å². The normalized spacial score (nSPS) is 14.6. The first-order chi connectivity index (χ1) is 22.4. The molecule has 0 spiro atoms. The van der Waals surface area contributed by atoms with Gasteiger partial charge in [0.2, 0.25) is 17.5 Å². The first kappa shape index (κ1) is 32.5. The summed E-state index contributed by atoms with van der Waals surface area (Å²) < 4.78 is 41.4. The van der Waals surface area contributed by atoms with Crippen molar-refractivity contribution in [3.05, 3.63) is 87.8 Å². The van der Waals surface area contributed by atoms with Crippen LogP contribution < -0.4 is 14.8 Å². The second-order valence-electron chi connectivity index (χ2n) is 12.1. The predicted molar refractivity (Wildman–Crippen MR) is 179 cm³/mol. The van der Waals surface area contributed by atoms with Crippen molar-refractivity contribution in [1.29, 1.82) is 0 Å². The van der Waals surface area contributed by atoms with Crippen molar-refractivity contribution in [2.45, 2.75) is 57.5 Å². The number of ether oxygens (including phenoxy) is 1. The molecule has 1 saturated carbocycles. The number of halogens is 1. The lowest BCUT2D eigenvalue weighted by Gasteiger charge is -2.22. The van der Waals surface area contributed by atoms with Crippen LogP contribution in [0.1, 0.15) is 53.4 Å². The van der Waals surface area contributed by atoms with Crippen LogP contribution in [0.3, 0.4) is 0 Å². The van der Waals surface area contributed by atoms with Gasteiger partial charge in [-0.2, -0.15) is 4.98 Å². The summed E-state index contributed by atoms with van der Waals surface area (Å²) >= 11 is 3.31. The van der Waals surface area contributed by atoms with Gasteiger partial charge in [-0.15, -0.1) is 0 Å². The van der Waals surface area contributed by atoms with Gasteiger partial charge in [0.25, 0.3) is 10.0 Å². The van der Waals surface area contributed by atoms with Crippen molar-refractivity contribution in [1.82, 2.24) is 25.3 Å². The van der Waals surface area contributed by atoms with Gasteiger partial charge in [-0.3, -0.25) is 0 Å². The molecule has 0 aliphatic heterocycles. The third-order valence-corrected chi connectivity index (χ3v) is 9.88. The summed E-state index contributed by atoms with van der Waals surface area (Å²) in [7, 11) is -4.23. The molecule has 0 bridgehead atoms. The predicted octanol–water partition coefficient (Wildman–Crippen LogP) is 6.29. The standard InChI is InChI=1S/C33H33BrN6O6S/c1-19-6-4-7-20(2)29(19)25-14-28(39-32(38-25)40-47(43,44)24-9-5-8-21(12-24)31(41)42)45-18-22(15-33(3)10-11-33)35-16-23-17-36-30-26(37-23)13-27(34)46-30/h4-9,12-14,17,22,35H,10-11,15-16,18H2,1-3H3,(H,41,42)(H,38,39,40)/t22-/m1/s1. The lowest BCUT2D eigenvalue weighted by molar-refractivity contribution is 0.0696. The Balaban J connectivity index is 1.27. The zero-order chi connectivity index (χ0) is 33.3. The molecule has 3 aromatic heterocycles. The molecule has 1 atom stereocenters. The van der Waals surface area contributed by atoms with Gasteiger partial charge in [-0.25, -0.2) is 32.9 Å². The molecule has 6 rings (SSSR count). The zero-order valence-electron chi connectivity index (χ0n) is 25.9. The average molecular weight is 722 g/mol. The number of carboxylic acids is 1. The highest BCUT2D eigenvalue weighted by Gasteiger charge is 2.39. The van der Waals surface area contributed by atoms with Crippen molar-refractivity contribution in [2.75, 3.05) is 11.3 Å². The average Bonchev–Trinajstić information content (AvgIpc) is 3.63. The number of fused-ring (bicyclic) bond motifs is 1. The minimum Gasteiger partial charge on any atom is -0.478 e. The molecule has 1 fully saturated rings. The van der Waals surface area contributed by atoms with Gasteiger partial charge in [0, 0.05) is 30.3 Å². The van der Waals surface area contributed by atoms with E-state index >= 15 is 0 Å². The quantitative estimate of drug-likeness (QED) is 0.125. The monoisotopic (exact) mass is 720 g/mol. The Kier molecular flexibility index (Phi) is 9.01.